The molecule has 0 bridgehead atoms. The van der Waals surface area contributed by atoms with Crippen LogP contribution in [0.2, 0.25) is 0 Å². The zero-order valence-corrected chi connectivity index (χ0v) is 16.2. The highest BCUT2D eigenvalue weighted by molar-refractivity contribution is 5.78. The number of benzene rings is 1. The van der Waals surface area contributed by atoms with Crippen molar-refractivity contribution in [2.45, 2.75) is 32.6 Å². The molecule has 1 aromatic carbocycles. The van der Waals surface area contributed by atoms with Crippen molar-refractivity contribution >= 4 is 11.3 Å². The van der Waals surface area contributed by atoms with Gasteiger partial charge in [0.2, 0.25) is 0 Å². The van der Waals surface area contributed by atoms with Crippen molar-refractivity contribution in [1.29, 1.82) is 0 Å². The molecule has 3 rings (SSSR count). The average molecular weight is 383 g/mol. The zero-order valence-electron chi connectivity index (χ0n) is 16.2. The van der Waals surface area contributed by atoms with E-state index in [1.807, 2.05) is 30.3 Å². The Morgan fingerprint density at radius 3 is 2.57 bits per heavy atom. The SMILES string of the molecule is C=C(NCC(C)F)c1ccc(-c2cccn3c(=O)cc(C(C)(C)F)nc23)cc1. The van der Waals surface area contributed by atoms with Gasteiger partial charge in [-0.2, -0.15) is 0 Å². The lowest BCUT2D eigenvalue weighted by atomic mass is 10.0. The maximum atomic E-state index is 14.4. The Balaban J connectivity index is 2.03. The van der Waals surface area contributed by atoms with E-state index in [0.717, 1.165) is 11.1 Å². The van der Waals surface area contributed by atoms with Gasteiger partial charge in [0.25, 0.3) is 5.56 Å². The Labute approximate surface area is 162 Å². The number of rotatable bonds is 6. The largest absolute Gasteiger partial charge is 0.382 e. The molecule has 4 nitrogen and oxygen atoms in total. The minimum atomic E-state index is -1.72. The fraction of sp³-hybridized carbons (Fsp3) is 0.273. The Bertz CT molecular complexity index is 1060. The molecule has 2 aromatic heterocycles. The second kappa shape index (κ2) is 7.54. The van der Waals surface area contributed by atoms with Gasteiger partial charge in [-0.25, -0.2) is 13.8 Å². The minimum Gasteiger partial charge on any atom is -0.382 e. The summed E-state index contributed by atoms with van der Waals surface area (Å²) < 4.78 is 28.8. The van der Waals surface area contributed by atoms with Crippen LogP contribution in [0.4, 0.5) is 8.78 Å². The number of hydrogen-bond donors (Lipinski definition) is 1. The summed E-state index contributed by atoms with van der Waals surface area (Å²) in [7, 11) is 0. The van der Waals surface area contributed by atoms with Crippen molar-refractivity contribution < 1.29 is 8.78 Å². The number of nitrogens with zero attached hydrogens (tertiary/aromatic N) is 2. The van der Waals surface area contributed by atoms with Gasteiger partial charge in [-0.1, -0.05) is 30.8 Å². The van der Waals surface area contributed by atoms with E-state index in [2.05, 4.69) is 16.9 Å². The van der Waals surface area contributed by atoms with Crippen molar-refractivity contribution in [3.05, 3.63) is 76.9 Å². The highest BCUT2D eigenvalue weighted by Gasteiger charge is 2.22. The number of alkyl halides is 2. The van der Waals surface area contributed by atoms with Crippen molar-refractivity contribution in [3.63, 3.8) is 0 Å². The van der Waals surface area contributed by atoms with Gasteiger partial charge < -0.3 is 5.32 Å². The van der Waals surface area contributed by atoms with Gasteiger partial charge in [0.1, 0.15) is 17.5 Å². The average Bonchev–Trinajstić information content (AvgIpc) is 2.65. The molecule has 0 amide bonds. The minimum absolute atomic E-state index is 0.0968. The first-order valence-electron chi connectivity index (χ1n) is 9.06. The summed E-state index contributed by atoms with van der Waals surface area (Å²) in [5.41, 5.74) is 1.45. The van der Waals surface area contributed by atoms with Crippen LogP contribution in [0.15, 0.2) is 60.0 Å². The van der Waals surface area contributed by atoms with Gasteiger partial charge in [0.15, 0.2) is 0 Å². The van der Waals surface area contributed by atoms with E-state index in [1.54, 1.807) is 12.3 Å². The Morgan fingerprint density at radius 2 is 1.96 bits per heavy atom. The molecule has 3 aromatic rings. The molecule has 0 aliphatic carbocycles. The van der Waals surface area contributed by atoms with Gasteiger partial charge >= 0.3 is 0 Å². The van der Waals surface area contributed by atoms with Crippen LogP contribution >= 0.6 is 0 Å². The molecule has 0 fully saturated rings. The standard InChI is InChI=1S/C22H23F2N3O/c1-14(23)13-25-15(2)16-7-9-17(10-8-16)18-6-5-11-27-20(28)12-19(22(3,4)24)26-21(18)27/h5-12,14,25H,2,13H2,1,3-4H3. The molecule has 6 heteroatoms. The third kappa shape index (κ3) is 4.11. The van der Waals surface area contributed by atoms with Crippen LogP contribution in [0, 0.1) is 0 Å². The summed E-state index contributed by atoms with van der Waals surface area (Å²) in [5, 5.41) is 2.95. The second-order valence-corrected chi connectivity index (χ2v) is 7.29. The van der Waals surface area contributed by atoms with Crippen LogP contribution < -0.4 is 10.9 Å². The lowest BCUT2D eigenvalue weighted by Crippen LogP contribution is -2.21. The Hall–Kier alpha value is -3.02. The number of pyridine rings is 1. The summed E-state index contributed by atoms with van der Waals surface area (Å²) >= 11 is 0. The van der Waals surface area contributed by atoms with E-state index in [1.165, 1.54) is 31.2 Å². The molecule has 28 heavy (non-hydrogen) atoms. The predicted molar refractivity (Wildman–Crippen MR) is 109 cm³/mol. The van der Waals surface area contributed by atoms with Gasteiger partial charge in [-0.05, 0) is 44.0 Å². The smallest absolute Gasteiger partial charge is 0.258 e. The molecule has 0 aliphatic heterocycles. The van der Waals surface area contributed by atoms with Crippen molar-refractivity contribution in [3.8, 4) is 11.1 Å². The fourth-order valence-corrected chi connectivity index (χ4v) is 2.87. The lowest BCUT2D eigenvalue weighted by molar-refractivity contribution is 0.214. The summed E-state index contributed by atoms with van der Waals surface area (Å²) in [6.45, 7) is 8.34. The topological polar surface area (TPSA) is 46.4 Å². The van der Waals surface area contributed by atoms with E-state index in [0.29, 0.717) is 16.9 Å². The summed E-state index contributed by atoms with van der Waals surface area (Å²) in [6.07, 6.45) is 0.645. The number of nitrogens with one attached hydrogen (secondary N) is 1. The molecule has 2 heterocycles. The highest BCUT2D eigenvalue weighted by atomic mass is 19.1. The summed E-state index contributed by atoms with van der Waals surface area (Å²) in [4.78, 5) is 16.8. The quantitative estimate of drug-likeness (QED) is 0.682. The van der Waals surface area contributed by atoms with E-state index in [9.17, 15) is 13.6 Å². The third-order valence-corrected chi connectivity index (χ3v) is 4.44. The molecule has 0 saturated carbocycles. The second-order valence-electron chi connectivity index (χ2n) is 7.29. The molecule has 1 atom stereocenters. The van der Waals surface area contributed by atoms with Gasteiger partial charge in [0.05, 0.1) is 5.69 Å². The molecule has 0 spiro atoms. The van der Waals surface area contributed by atoms with Crippen LogP contribution in [0.25, 0.3) is 22.5 Å². The Kier molecular flexibility index (Phi) is 5.31. The van der Waals surface area contributed by atoms with Crippen LogP contribution in [0.3, 0.4) is 0 Å². The third-order valence-electron chi connectivity index (χ3n) is 4.44. The van der Waals surface area contributed by atoms with Gasteiger partial charge in [-0.3, -0.25) is 9.20 Å². The molecule has 0 aliphatic rings. The monoisotopic (exact) mass is 383 g/mol. The molecular weight excluding hydrogens is 360 g/mol. The molecule has 146 valence electrons. The van der Waals surface area contributed by atoms with Gasteiger partial charge in [0, 0.05) is 30.1 Å². The maximum Gasteiger partial charge on any atom is 0.258 e. The number of aromatic nitrogens is 2. The van der Waals surface area contributed by atoms with Crippen LogP contribution in [-0.4, -0.2) is 22.1 Å². The number of hydrogen-bond acceptors (Lipinski definition) is 3. The van der Waals surface area contributed by atoms with E-state index >= 15 is 0 Å². The first kappa shape index (κ1) is 19.7. The first-order chi connectivity index (χ1) is 13.2. The summed E-state index contributed by atoms with van der Waals surface area (Å²) in [6, 6.07) is 12.3. The van der Waals surface area contributed by atoms with Crippen LogP contribution in [0.5, 0.6) is 0 Å². The normalized spacial score (nSPS) is 12.8. The van der Waals surface area contributed by atoms with E-state index in [-0.39, 0.29) is 17.8 Å². The maximum absolute atomic E-state index is 14.4. The van der Waals surface area contributed by atoms with Crippen LogP contribution in [0.1, 0.15) is 32.0 Å². The van der Waals surface area contributed by atoms with E-state index in [4.69, 9.17) is 0 Å². The molecule has 1 unspecified atom stereocenters. The predicted octanol–water partition coefficient (Wildman–Crippen LogP) is 4.48. The fourth-order valence-electron chi connectivity index (χ4n) is 2.87. The molecule has 1 N–H and O–H groups in total. The van der Waals surface area contributed by atoms with E-state index < -0.39 is 11.8 Å². The molecule has 0 radical (unpaired) electrons. The molecular formula is C22H23F2N3O. The number of fused-ring (bicyclic) bond motifs is 1. The zero-order chi connectivity index (χ0) is 20.5. The van der Waals surface area contributed by atoms with Gasteiger partial charge in [-0.15, -0.1) is 0 Å². The Morgan fingerprint density at radius 1 is 1.29 bits per heavy atom. The lowest BCUT2D eigenvalue weighted by Gasteiger charge is -2.15. The number of halogens is 2. The summed E-state index contributed by atoms with van der Waals surface area (Å²) in [5.74, 6) is 0. The van der Waals surface area contributed by atoms with Crippen molar-refractivity contribution in [2.75, 3.05) is 6.54 Å². The highest BCUT2D eigenvalue weighted by Crippen LogP contribution is 2.27. The molecule has 0 saturated heterocycles. The van der Waals surface area contributed by atoms with Crippen molar-refractivity contribution in [1.82, 2.24) is 14.7 Å². The van der Waals surface area contributed by atoms with Crippen molar-refractivity contribution in [2.24, 2.45) is 0 Å². The van der Waals surface area contributed by atoms with Crippen LogP contribution in [-0.2, 0) is 5.67 Å². The first-order valence-corrected chi connectivity index (χ1v) is 9.06.